The van der Waals surface area contributed by atoms with Crippen molar-refractivity contribution in [2.45, 2.75) is 25.9 Å². The molecular formula is C16H21N3O2. The van der Waals surface area contributed by atoms with Gasteiger partial charge in [0, 0.05) is 38.3 Å². The lowest BCUT2D eigenvalue weighted by atomic mass is 10.1. The number of fused-ring (bicyclic) bond motifs is 1. The Morgan fingerprint density at radius 1 is 1.00 bits per heavy atom. The van der Waals surface area contributed by atoms with Crippen molar-refractivity contribution in [1.82, 2.24) is 15.1 Å². The van der Waals surface area contributed by atoms with E-state index in [0.29, 0.717) is 29.8 Å². The number of rotatable bonds is 3. The van der Waals surface area contributed by atoms with E-state index >= 15 is 0 Å². The molecule has 112 valence electrons. The van der Waals surface area contributed by atoms with Gasteiger partial charge in [-0.05, 0) is 26.0 Å². The maximum Gasteiger partial charge on any atom is 0.261 e. The zero-order chi connectivity index (χ0) is 15.0. The van der Waals surface area contributed by atoms with Crippen molar-refractivity contribution < 1.29 is 9.59 Å². The first-order valence-electron chi connectivity index (χ1n) is 7.51. The fraction of sp³-hybridized carbons (Fsp3) is 0.500. The summed E-state index contributed by atoms with van der Waals surface area (Å²) < 4.78 is 0. The molecule has 0 radical (unpaired) electrons. The number of amides is 2. The summed E-state index contributed by atoms with van der Waals surface area (Å²) in [7, 11) is 0. The Morgan fingerprint density at radius 3 is 2.05 bits per heavy atom. The third-order valence-electron chi connectivity index (χ3n) is 4.47. The molecule has 5 heteroatoms. The molecule has 1 N–H and O–H groups in total. The SMILES string of the molecule is C[C@@H]1CNC[C@H](C)N1CCN1C(=O)c2ccccc2C1=O. The Bertz CT molecular complexity index is 527. The number of hydrogen-bond acceptors (Lipinski definition) is 4. The van der Waals surface area contributed by atoms with Crippen molar-refractivity contribution >= 4 is 11.8 Å². The quantitative estimate of drug-likeness (QED) is 0.842. The minimum atomic E-state index is -0.161. The number of imide groups is 1. The van der Waals surface area contributed by atoms with Crippen LogP contribution in [0.1, 0.15) is 34.6 Å². The second-order valence-electron chi connectivity index (χ2n) is 5.90. The highest BCUT2D eigenvalue weighted by Gasteiger charge is 2.35. The van der Waals surface area contributed by atoms with Crippen LogP contribution in [-0.4, -0.2) is 59.9 Å². The second-order valence-corrected chi connectivity index (χ2v) is 5.90. The van der Waals surface area contributed by atoms with Gasteiger partial charge >= 0.3 is 0 Å². The highest BCUT2D eigenvalue weighted by atomic mass is 16.2. The van der Waals surface area contributed by atoms with Crippen LogP contribution in [0, 0.1) is 0 Å². The summed E-state index contributed by atoms with van der Waals surface area (Å²) in [5.74, 6) is -0.322. The molecule has 1 fully saturated rings. The molecule has 1 saturated heterocycles. The van der Waals surface area contributed by atoms with Crippen LogP contribution in [0.3, 0.4) is 0 Å². The first-order chi connectivity index (χ1) is 10.1. The van der Waals surface area contributed by atoms with Gasteiger partial charge in [-0.1, -0.05) is 12.1 Å². The zero-order valence-corrected chi connectivity index (χ0v) is 12.5. The number of benzene rings is 1. The summed E-state index contributed by atoms with van der Waals surface area (Å²) >= 11 is 0. The molecule has 0 unspecified atom stereocenters. The first-order valence-corrected chi connectivity index (χ1v) is 7.51. The number of carbonyl (C=O) groups is 2. The van der Waals surface area contributed by atoms with Crippen LogP contribution in [0.5, 0.6) is 0 Å². The lowest BCUT2D eigenvalue weighted by Gasteiger charge is -2.39. The van der Waals surface area contributed by atoms with E-state index in [2.05, 4.69) is 24.1 Å². The van der Waals surface area contributed by atoms with Crippen LogP contribution < -0.4 is 5.32 Å². The van der Waals surface area contributed by atoms with Crippen molar-refractivity contribution in [3.63, 3.8) is 0 Å². The number of piperazine rings is 1. The van der Waals surface area contributed by atoms with E-state index in [1.165, 1.54) is 4.90 Å². The van der Waals surface area contributed by atoms with Crippen molar-refractivity contribution in [1.29, 1.82) is 0 Å². The summed E-state index contributed by atoms with van der Waals surface area (Å²) in [6, 6.07) is 7.90. The maximum absolute atomic E-state index is 12.3. The lowest BCUT2D eigenvalue weighted by molar-refractivity contribution is 0.0581. The Morgan fingerprint density at radius 2 is 1.52 bits per heavy atom. The number of nitrogens with zero attached hydrogens (tertiary/aromatic N) is 2. The molecule has 3 rings (SSSR count). The van der Waals surface area contributed by atoms with Crippen LogP contribution in [0.4, 0.5) is 0 Å². The monoisotopic (exact) mass is 287 g/mol. The summed E-state index contributed by atoms with van der Waals surface area (Å²) in [4.78, 5) is 28.4. The summed E-state index contributed by atoms with van der Waals surface area (Å²) in [6.07, 6.45) is 0. The Balaban J connectivity index is 1.69. The average Bonchev–Trinajstić information content (AvgIpc) is 2.72. The third kappa shape index (κ3) is 2.47. The Hall–Kier alpha value is -1.72. The molecule has 2 aliphatic heterocycles. The standard InChI is InChI=1S/C16H21N3O2/c1-11-9-17-10-12(2)18(11)7-8-19-15(20)13-5-3-4-6-14(13)16(19)21/h3-6,11-12,17H,7-10H2,1-2H3/t11-,12+. The van der Waals surface area contributed by atoms with Gasteiger partial charge in [-0.2, -0.15) is 0 Å². The van der Waals surface area contributed by atoms with E-state index in [4.69, 9.17) is 0 Å². The largest absolute Gasteiger partial charge is 0.314 e. The van der Waals surface area contributed by atoms with Gasteiger partial charge in [0.1, 0.15) is 0 Å². The van der Waals surface area contributed by atoms with E-state index in [9.17, 15) is 9.59 Å². The highest BCUT2D eigenvalue weighted by molar-refractivity contribution is 6.21. The zero-order valence-electron chi connectivity index (χ0n) is 12.5. The molecule has 0 bridgehead atoms. The van der Waals surface area contributed by atoms with Crippen molar-refractivity contribution in [3.8, 4) is 0 Å². The molecule has 1 aromatic carbocycles. The molecule has 0 saturated carbocycles. The van der Waals surface area contributed by atoms with Crippen molar-refractivity contribution in [2.24, 2.45) is 0 Å². The van der Waals surface area contributed by atoms with Gasteiger partial charge < -0.3 is 5.32 Å². The molecule has 2 amide bonds. The highest BCUT2D eigenvalue weighted by Crippen LogP contribution is 2.22. The van der Waals surface area contributed by atoms with Crippen LogP contribution in [0.2, 0.25) is 0 Å². The molecule has 5 nitrogen and oxygen atoms in total. The average molecular weight is 287 g/mol. The molecule has 2 heterocycles. The number of hydrogen-bond donors (Lipinski definition) is 1. The van der Waals surface area contributed by atoms with Crippen LogP contribution >= 0.6 is 0 Å². The summed E-state index contributed by atoms with van der Waals surface area (Å²) in [6.45, 7) is 7.44. The van der Waals surface area contributed by atoms with Crippen molar-refractivity contribution in [2.75, 3.05) is 26.2 Å². The van der Waals surface area contributed by atoms with Crippen LogP contribution in [0.15, 0.2) is 24.3 Å². The van der Waals surface area contributed by atoms with E-state index < -0.39 is 0 Å². The summed E-state index contributed by atoms with van der Waals surface area (Å²) in [5, 5.41) is 3.38. The smallest absolute Gasteiger partial charge is 0.261 e. The van der Waals surface area contributed by atoms with E-state index in [1.807, 2.05) is 0 Å². The Kier molecular flexibility index (Phi) is 3.78. The molecule has 0 spiro atoms. The predicted octanol–water partition coefficient (Wildman–Crippen LogP) is 0.965. The molecule has 2 atom stereocenters. The number of nitrogens with one attached hydrogen (secondary N) is 1. The van der Waals surface area contributed by atoms with Gasteiger partial charge in [0.05, 0.1) is 11.1 Å². The van der Waals surface area contributed by atoms with Gasteiger partial charge in [-0.25, -0.2) is 0 Å². The Labute approximate surface area is 124 Å². The van der Waals surface area contributed by atoms with E-state index in [0.717, 1.165) is 19.6 Å². The lowest BCUT2D eigenvalue weighted by Crippen LogP contribution is -2.56. The molecule has 21 heavy (non-hydrogen) atoms. The molecule has 0 aromatic heterocycles. The van der Waals surface area contributed by atoms with Crippen LogP contribution in [0.25, 0.3) is 0 Å². The second kappa shape index (κ2) is 5.58. The van der Waals surface area contributed by atoms with Gasteiger partial charge in [0.25, 0.3) is 11.8 Å². The van der Waals surface area contributed by atoms with Crippen LogP contribution in [-0.2, 0) is 0 Å². The first kappa shape index (κ1) is 14.2. The topological polar surface area (TPSA) is 52.6 Å². The van der Waals surface area contributed by atoms with Gasteiger partial charge in [-0.15, -0.1) is 0 Å². The molecular weight excluding hydrogens is 266 g/mol. The minimum absolute atomic E-state index is 0.161. The fourth-order valence-corrected chi connectivity index (χ4v) is 3.27. The number of carbonyl (C=O) groups excluding carboxylic acids is 2. The van der Waals surface area contributed by atoms with Gasteiger partial charge in [0.15, 0.2) is 0 Å². The third-order valence-corrected chi connectivity index (χ3v) is 4.47. The van der Waals surface area contributed by atoms with E-state index in [1.54, 1.807) is 24.3 Å². The fourth-order valence-electron chi connectivity index (χ4n) is 3.27. The normalized spacial score (nSPS) is 26.3. The summed E-state index contributed by atoms with van der Waals surface area (Å²) in [5.41, 5.74) is 1.06. The van der Waals surface area contributed by atoms with E-state index in [-0.39, 0.29) is 11.8 Å². The predicted molar refractivity (Wildman–Crippen MR) is 80.3 cm³/mol. The van der Waals surface area contributed by atoms with Gasteiger partial charge in [-0.3, -0.25) is 19.4 Å². The maximum atomic E-state index is 12.3. The van der Waals surface area contributed by atoms with Crippen molar-refractivity contribution in [3.05, 3.63) is 35.4 Å². The molecule has 1 aromatic rings. The molecule has 2 aliphatic rings. The molecule has 0 aliphatic carbocycles. The minimum Gasteiger partial charge on any atom is -0.314 e. The van der Waals surface area contributed by atoms with Gasteiger partial charge in [0.2, 0.25) is 0 Å².